The van der Waals surface area contributed by atoms with Gasteiger partial charge < -0.3 is 5.73 Å². The lowest BCUT2D eigenvalue weighted by Gasteiger charge is -2.44. The Labute approximate surface area is 129 Å². The molecule has 116 valence electrons. The van der Waals surface area contributed by atoms with Crippen LogP contribution in [0.3, 0.4) is 0 Å². The Morgan fingerprint density at radius 2 is 1.86 bits per heavy atom. The quantitative estimate of drug-likeness (QED) is 0.922. The van der Waals surface area contributed by atoms with Gasteiger partial charge >= 0.3 is 0 Å². The van der Waals surface area contributed by atoms with E-state index in [-0.39, 0.29) is 5.54 Å². The summed E-state index contributed by atoms with van der Waals surface area (Å²) in [5.41, 5.74) is 7.87. The van der Waals surface area contributed by atoms with Gasteiger partial charge in [-0.05, 0) is 43.8 Å². The van der Waals surface area contributed by atoms with Gasteiger partial charge in [-0.3, -0.25) is 9.80 Å². The van der Waals surface area contributed by atoms with Crippen LogP contribution in [-0.2, 0) is 6.54 Å². The summed E-state index contributed by atoms with van der Waals surface area (Å²) >= 11 is 0. The van der Waals surface area contributed by atoms with Gasteiger partial charge in [0.2, 0.25) is 0 Å². The molecule has 1 aromatic rings. The zero-order valence-electron chi connectivity index (χ0n) is 13.3. The molecule has 0 bridgehead atoms. The van der Waals surface area contributed by atoms with Crippen molar-refractivity contribution < 1.29 is 0 Å². The van der Waals surface area contributed by atoms with Crippen LogP contribution >= 0.6 is 0 Å². The van der Waals surface area contributed by atoms with Crippen molar-refractivity contribution in [3.05, 3.63) is 35.9 Å². The van der Waals surface area contributed by atoms with Crippen LogP contribution in [0.2, 0.25) is 0 Å². The van der Waals surface area contributed by atoms with Gasteiger partial charge in [0, 0.05) is 31.7 Å². The smallest absolute Gasteiger partial charge is 0.0470 e. The van der Waals surface area contributed by atoms with E-state index >= 15 is 0 Å². The SMILES string of the molecule is CC1CCN(C2(CN)CCN(Cc3ccccc3)C2)CC1. The zero-order chi connectivity index (χ0) is 14.7. The fraction of sp³-hybridized carbons (Fsp3) is 0.667. The maximum absolute atomic E-state index is 6.22. The molecule has 3 rings (SSSR count). The van der Waals surface area contributed by atoms with Crippen LogP contribution in [0.5, 0.6) is 0 Å². The Kier molecular flexibility index (Phi) is 4.63. The molecule has 2 saturated heterocycles. The number of hydrogen-bond donors (Lipinski definition) is 1. The summed E-state index contributed by atoms with van der Waals surface area (Å²) in [4.78, 5) is 5.28. The van der Waals surface area contributed by atoms with Crippen molar-refractivity contribution >= 4 is 0 Å². The fourth-order valence-electron chi connectivity index (χ4n) is 3.95. The Morgan fingerprint density at radius 1 is 1.14 bits per heavy atom. The molecule has 0 radical (unpaired) electrons. The lowest BCUT2D eigenvalue weighted by Crippen LogP contribution is -2.57. The third-order valence-electron chi connectivity index (χ3n) is 5.49. The van der Waals surface area contributed by atoms with Gasteiger partial charge in [-0.25, -0.2) is 0 Å². The van der Waals surface area contributed by atoms with E-state index in [0.29, 0.717) is 0 Å². The average Bonchev–Trinajstić information content (AvgIpc) is 2.93. The first-order valence-corrected chi connectivity index (χ1v) is 8.43. The first-order valence-electron chi connectivity index (χ1n) is 8.43. The molecule has 1 aromatic carbocycles. The highest BCUT2D eigenvalue weighted by Gasteiger charge is 2.42. The predicted molar refractivity (Wildman–Crippen MR) is 88.1 cm³/mol. The molecule has 3 nitrogen and oxygen atoms in total. The second kappa shape index (κ2) is 6.47. The van der Waals surface area contributed by atoms with E-state index in [1.54, 1.807) is 0 Å². The molecule has 2 aliphatic rings. The minimum atomic E-state index is 0.231. The topological polar surface area (TPSA) is 32.5 Å². The summed E-state index contributed by atoms with van der Waals surface area (Å²) in [5.74, 6) is 0.887. The van der Waals surface area contributed by atoms with Crippen LogP contribution in [-0.4, -0.2) is 48.1 Å². The number of hydrogen-bond acceptors (Lipinski definition) is 3. The van der Waals surface area contributed by atoms with Gasteiger partial charge in [0.15, 0.2) is 0 Å². The number of rotatable bonds is 4. The second-order valence-corrected chi connectivity index (χ2v) is 7.04. The van der Waals surface area contributed by atoms with Crippen LogP contribution in [0, 0.1) is 5.92 Å². The maximum atomic E-state index is 6.22. The van der Waals surface area contributed by atoms with Crippen molar-refractivity contribution in [1.82, 2.24) is 9.80 Å². The van der Waals surface area contributed by atoms with Crippen molar-refractivity contribution in [3.8, 4) is 0 Å². The van der Waals surface area contributed by atoms with Gasteiger partial charge in [0.05, 0.1) is 0 Å². The molecule has 0 amide bonds. The molecule has 2 heterocycles. The second-order valence-electron chi connectivity index (χ2n) is 7.04. The van der Waals surface area contributed by atoms with Crippen molar-refractivity contribution in [1.29, 1.82) is 0 Å². The van der Waals surface area contributed by atoms with Gasteiger partial charge in [-0.1, -0.05) is 37.3 Å². The molecule has 2 N–H and O–H groups in total. The lowest BCUT2D eigenvalue weighted by atomic mass is 9.90. The largest absolute Gasteiger partial charge is 0.329 e. The Morgan fingerprint density at radius 3 is 2.52 bits per heavy atom. The molecule has 2 fully saturated rings. The van der Waals surface area contributed by atoms with Crippen LogP contribution in [0.25, 0.3) is 0 Å². The molecule has 3 heteroatoms. The fourth-order valence-corrected chi connectivity index (χ4v) is 3.95. The summed E-state index contributed by atoms with van der Waals surface area (Å²) in [6, 6.07) is 10.8. The Balaban J connectivity index is 1.63. The summed E-state index contributed by atoms with van der Waals surface area (Å²) in [6.07, 6.45) is 3.89. The maximum Gasteiger partial charge on any atom is 0.0470 e. The standard InChI is InChI=1S/C18H29N3/c1-16-7-10-21(11-8-16)18(14-19)9-12-20(15-18)13-17-5-3-2-4-6-17/h2-6,16H,7-15,19H2,1H3. The van der Waals surface area contributed by atoms with Crippen LogP contribution in [0.1, 0.15) is 31.7 Å². The molecule has 0 spiro atoms. The van der Waals surface area contributed by atoms with Gasteiger partial charge in [0.1, 0.15) is 0 Å². The number of piperidine rings is 1. The monoisotopic (exact) mass is 287 g/mol. The normalized spacial score (nSPS) is 29.0. The summed E-state index contributed by atoms with van der Waals surface area (Å²) < 4.78 is 0. The van der Waals surface area contributed by atoms with Crippen molar-refractivity contribution in [2.24, 2.45) is 11.7 Å². The molecule has 2 aliphatic heterocycles. The molecule has 0 saturated carbocycles. The molecule has 0 aromatic heterocycles. The third kappa shape index (κ3) is 3.31. The van der Waals surface area contributed by atoms with E-state index < -0.39 is 0 Å². The van der Waals surface area contributed by atoms with E-state index in [9.17, 15) is 0 Å². The summed E-state index contributed by atoms with van der Waals surface area (Å²) in [5, 5.41) is 0. The third-order valence-corrected chi connectivity index (χ3v) is 5.49. The molecule has 1 atom stereocenters. The average molecular weight is 287 g/mol. The highest BCUT2D eigenvalue weighted by Crippen LogP contribution is 2.32. The highest BCUT2D eigenvalue weighted by molar-refractivity contribution is 5.15. The van der Waals surface area contributed by atoms with Crippen LogP contribution < -0.4 is 5.73 Å². The number of likely N-dealkylation sites (tertiary alicyclic amines) is 2. The first kappa shape index (κ1) is 15.0. The molecule has 21 heavy (non-hydrogen) atoms. The Bertz CT molecular complexity index is 439. The first-order chi connectivity index (χ1) is 10.2. The van der Waals surface area contributed by atoms with E-state index in [1.165, 1.54) is 44.5 Å². The molecular formula is C18H29N3. The van der Waals surface area contributed by atoms with E-state index in [0.717, 1.165) is 25.6 Å². The number of nitrogens with two attached hydrogens (primary N) is 1. The molecular weight excluding hydrogens is 258 g/mol. The molecule has 1 unspecified atom stereocenters. The van der Waals surface area contributed by atoms with Crippen molar-refractivity contribution in [2.75, 3.05) is 32.7 Å². The van der Waals surface area contributed by atoms with Crippen LogP contribution in [0.4, 0.5) is 0 Å². The number of nitrogens with zero attached hydrogens (tertiary/aromatic N) is 2. The van der Waals surface area contributed by atoms with Gasteiger partial charge in [-0.15, -0.1) is 0 Å². The van der Waals surface area contributed by atoms with E-state index in [4.69, 9.17) is 5.73 Å². The van der Waals surface area contributed by atoms with Crippen molar-refractivity contribution in [3.63, 3.8) is 0 Å². The number of benzene rings is 1. The zero-order valence-corrected chi connectivity index (χ0v) is 13.3. The van der Waals surface area contributed by atoms with Crippen LogP contribution in [0.15, 0.2) is 30.3 Å². The van der Waals surface area contributed by atoms with Crippen molar-refractivity contribution in [2.45, 2.75) is 38.3 Å². The predicted octanol–water partition coefficient (Wildman–Crippen LogP) is 2.32. The van der Waals surface area contributed by atoms with E-state index in [1.807, 2.05) is 0 Å². The summed E-state index contributed by atoms with van der Waals surface area (Å²) in [7, 11) is 0. The summed E-state index contributed by atoms with van der Waals surface area (Å²) in [6.45, 7) is 9.02. The minimum absolute atomic E-state index is 0.231. The minimum Gasteiger partial charge on any atom is -0.329 e. The van der Waals surface area contributed by atoms with Gasteiger partial charge in [-0.2, -0.15) is 0 Å². The lowest BCUT2D eigenvalue weighted by molar-refractivity contribution is 0.0622. The highest BCUT2D eigenvalue weighted by atomic mass is 15.3. The van der Waals surface area contributed by atoms with E-state index in [2.05, 4.69) is 47.1 Å². The van der Waals surface area contributed by atoms with Gasteiger partial charge in [0.25, 0.3) is 0 Å². The Hall–Kier alpha value is -0.900. The molecule has 0 aliphatic carbocycles.